The molecule has 2 aliphatic rings. The van der Waals surface area contributed by atoms with E-state index in [1.807, 2.05) is 4.90 Å². The van der Waals surface area contributed by atoms with E-state index in [0.29, 0.717) is 18.9 Å². The molecule has 4 nitrogen and oxygen atoms in total. The van der Waals surface area contributed by atoms with Crippen LogP contribution in [0.25, 0.3) is 0 Å². The number of rotatable bonds is 2. The second-order valence-electron chi connectivity index (χ2n) is 4.73. The highest BCUT2D eigenvalue weighted by Gasteiger charge is 2.21. The molecule has 0 aromatic heterocycles. The zero-order valence-corrected chi connectivity index (χ0v) is 11.1. The van der Waals surface area contributed by atoms with Crippen molar-refractivity contribution >= 4 is 18.3 Å². The van der Waals surface area contributed by atoms with Crippen LogP contribution >= 0.6 is 12.4 Å². The number of hydrogen-bond acceptors (Lipinski definition) is 3. The number of amides is 1. The van der Waals surface area contributed by atoms with Crippen molar-refractivity contribution in [1.29, 1.82) is 0 Å². The molecule has 0 aromatic rings. The molecular weight excluding hydrogens is 240 g/mol. The minimum Gasteiger partial charge on any atom is -0.378 e. The number of morpholine rings is 1. The largest absolute Gasteiger partial charge is 0.378 e. The number of carbonyl (C=O) groups is 1. The maximum Gasteiger partial charge on any atom is 0.224 e. The normalized spacial score (nSPS) is 25.9. The van der Waals surface area contributed by atoms with Gasteiger partial charge in [0.25, 0.3) is 0 Å². The van der Waals surface area contributed by atoms with Crippen LogP contribution in [0.4, 0.5) is 0 Å². The first kappa shape index (κ1) is 14.7. The van der Waals surface area contributed by atoms with E-state index >= 15 is 0 Å². The number of nitrogens with one attached hydrogen (secondary N) is 1. The van der Waals surface area contributed by atoms with Gasteiger partial charge in [0.05, 0.1) is 13.2 Å². The van der Waals surface area contributed by atoms with Gasteiger partial charge in [-0.1, -0.05) is 12.8 Å². The Balaban J connectivity index is 0.00000144. The van der Waals surface area contributed by atoms with E-state index in [1.165, 1.54) is 25.7 Å². The third kappa shape index (κ3) is 4.82. The summed E-state index contributed by atoms with van der Waals surface area (Å²) in [6.45, 7) is 4.23. The van der Waals surface area contributed by atoms with E-state index in [0.717, 1.165) is 26.2 Å². The quantitative estimate of drug-likeness (QED) is 0.813. The van der Waals surface area contributed by atoms with Crippen molar-refractivity contribution in [2.75, 3.05) is 32.8 Å². The highest BCUT2D eigenvalue weighted by atomic mass is 35.5. The van der Waals surface area contributed by atoms with Crippen LogP contribution in [-0.2, 0) is 9.53 Å². The van der Waals surface area contributed by atoms with Gasteiger partial charge in [-0.05, 0) is 12.8 Å². The summed E-state index contributed by atoms with van der Waals surface area (Å²) in [5.41, 5.74) is 0. The number of likely N-dealkylation sites (tertiary alicyclic amines) is 1. The van der Waals surface area contributed by atoms with Crippen LogP contribution in [0.5, 0.6) is 0 Å². The molecule has 2 saturated heterocycles. The van der Waals surface area contributed by atoms with Gasteiger partial charge in [0.15, 0.2) is 0 Å². The van der Waals surface area contributed by atoms with Gasteiger partial charge in [0.1, 0.15) is 0 Å². The summed E-state index contributed by atoms with van der Waals surface area (Å²) in [4.78, 5) is 14.1. The second kappa shape index (κ2) is 7.90. The summed E-state index contributed by atoms with van der Waals surface area (Å²) in [5, 5.41) is 3.33. The highest BCUT2D eigenvalue weighted by Crippen LogP contribution is 2.11. The molecule has 100 valence electrons. The van der Waals surface area contributed by atoms with Crippen LogP contribution in [0.3, 0.4) is 0 Å². The van der Waals surface area contributed by atoms with Crippen LogP contribution < -0.4 is 5.32 Å². The number of ether oxygens (including phenoxy) is 1. The monoisotopic (exact) mass is 262 g/mol. The van der Waals surface area contributed by atoms with Gasteiger partial charge in [0, 0.05) is 32.1 Å². The van der Waals surface area contributed by atoms with Gasteiger partial charge >= 0.3 is 0 Å². The zero-order chi connectivity index (χ0) is 11.2. The van der Waals surface area contributed by atoms with E-state index < -0.39 is 0 Å². The number of hydrogen-bond donors (Lipinski definition) is 1. The van der Waals surface area contributed by atoms with E-state index in [1.54, 1.807) is 0 Å². The summed E-state index contributed by atoms with van der Waals surface area (Å²) in [6.07, 6.45) is 5.48. The van der Waals surface area contributed by atoms with E-state index in [2.05, 4.69) is 5.32 Å². The Hall–Kier alpha value is -0.320. The molecule has 1 atom stereocenters. The number of carbonyl (C=O) groups excluding carboxylic acids is 1. The van der Waals surface area contributed by atoms with Crippen molar-refractivity contribution in [1.82, 2.24) is 10.2 Å². The molecule has 1 N–H and O–H groups in total. The van der Waals surface area contributed by atoms with Gasteiger partial charge in [-0.2, -0.15) is 0 Å². The Morgan fingerprint density at radius 3 is 2.53 bits per heavy atom. The van der Waals surface area contributed by atoms with Crippen LogP contribution in [-0.4, -0.2) is 49.7 Å². The molecule has 2 heterocycles. The van der Waals surface area contributed by atoms with Gasteiger partial charge in [0.2, 0.25) is 5.91 Å². The maximum absolute atomic E-state index is 12.0. The summed E-state index contributed by atoms with van der Waals surface area (Å²) >= 11 is 0. The average Bonchev–Trinajstić information content (AvgIpc) is 2.59. The number of nitrogens with zero attached hydrogens (tertiary/aromatic N) is 1. The molecule has 2 aliphatic heterocycles. The molecule has 1 unspecified atom stereocenters. The Morgan fingerprint density at radius 2 is 1.94 bits per heavy atom. The number of halogens is 1. The van der Waals surface area contributed by atoms with Crippen molar-refractivity contribution in [2.24, 2.45) is 0 Å². The maximum atomic E-state index is 12.0. The lowest BCUT2D eigenvalue weighted by atomic mass is 10.1. The second-order valence-corrected chi connectivity index (χ2v) is 4.73. The molecule has 0 saturated carbocycles. The minimum absolute atomic E-state index is 0. The fourth-order valence-electron chi connectivity index (χ4n) is 2.41. The van der Waals surface area contributed by atoms with E-state index in [-0.39, 0.29) is 18.4 Å². The van der Waals surface area contributed by atoms with Gasteiger partial charge in [-0.25, -0.2) is 0 Å². The molecule has 0 spiro atoms. The molecular formula is C12H23ClN2O2. The van der Waals surface area contributed by atoms with Crippen molar-refractivity contribution < 1.29 is 9.53 Å². The van der Waals surface area contributed by atoms with Gasteiger partial charge < -0.3 is 15.0 Å². The molecule has 2 rings (SSSR count). The predicted octanol–water partition coefficient (Wildman–Crippen LogP) is 1.19. The minimum atomic E-state index is 0. The third-order valence-corrected chi connectivity index (χ3v) is 3.38. The first-order chi connectivity index (χ1) is 7.86. The van der Waals surface area contributed by atoms with Crippen LogP contribution in [0.2, 0.25) is 0 Å². The average molecular weight is 263 g/mol. The molecule has 2 fully saturated rings. The predicted molar refractivity (Wildman–Crippen MR) is 69.5 cm³/mol. The highest BCUT2D eigenvalue weighted by molar-refractivity contribution is 5.85. The molecule has 0 aliphatic carbocycles. The molecule has 5 heteroatoms. The molecule has 17 heavy (non-hydrogen) atoms. The lowest BCUT2D eigenvalue weighted by Gasteiger charge is -2.27. The first-order valence-electron chi connectivity index (χ1n) is 6.45. The summed E-state index contributed by atoms with van der Waals surface area (Å²) in [5.74, 6) is 0.296. The fourth-order valence-corrected chi connectivity index (χ4v) is 2.41. The van der Waals surface area contributed by atoms with E-state index in [9.17, 15) is 4.79 Å². The lowest BCUT2D eigenvalue weighted by molar-refractivity contribution is -0.132. The zero-order valence-electron chi connectivity index (χ0n) is 10.3. The van der Waals surface area contributed by atoms with Crippen LogP contribution in [0, 0.1) is 0 Å². The van der Waals surface area contributed by atoms with Gasteiger partial charge in [-0.15, -0.1) is 12.4 Å². The topological polar surface area (TPSA) is 41.6 Å². The van der Waals surface area contributed by atoms with Crippen molar-refractivity contribution in [3.05, 3.63) is 0 Å². The summed E-state index contributed by atoms with van der Waals surface area (Å²) in [7, 11) is 0. The SMILES string of the molecule is Cl.O=C(CC1COCCN1)N1CCCCCC1. The summed E-state index contributed by atoms with van der Waals surface area (Å²) in [6, 6.07) is 0.226. The van der Waals surface area contributed by atoms with E-state index in [4.69, 9.17) is 4.74 Å². The fraction of sp³-hybridized carbons (Fsp3) is 0.917. The first-order valence-corrected chi connectivity index (χ1v) is 6.45. The standard InChI is InChI=1S/C12H22N2O2.ClH/c15-12(9-11-10-16-8-5-13-11)14-6-3-1-2-4-7-14;/h11,13H,1-10H2;1H. The van der Waals surface area contributed by atoms with Crippen LogP contribution in [0.1, 0.15) is 32.1 Å². The molecule has 0 radical (unpaired) electrons. The van der Waals surface area contributed by atoms with Crippen molar-refractivity contribution in [3.8, 4) is 0 Å². The smallest absolute Gasteiger partial charge is 0.224 e. The lowest BCUT2D eigenvalue weighted by Crippen LogP contribution is -2.45. The molecule has 0 bridgehead atoms. The Morgan fingerprint density at radius 1 is 1.24 bits per heavy atom. The third-order valence-electron chi connectivity index (χ3n) is 3.38. The summed E-state index contributed by atoms with van der Waals surface area (Å²) < 4.78 is 5.36. The van der Waals surface area contributed by atoms with Gasteiger partial charge in [-0.3, -0.25) is 4.79 Å². The Labute approximate surface area is 109 Å². The molecule has 1 amide bonds. The Kier molecular flexibility index (Phi) is 6.85. The molecule has 0 aromatic carbocycles. The van der Waals surface area contributed by atoms with Crippen molar-refractivity contribution in [2.45, 2.75) is 38.1 Å². The Bertz CT molecular complexity index is 225. The van der Waals surface area contributed by atoms with Crippen molar-refractivity contribution in [3.63, 3.8) is 0 Å². The van der Waals surface area contributed by atoms with Crippen LogP contribution in [0.15, 0.2) is 0 Å².